The highest BCUT2D eigenvalue weighted by Crippen LogP contribution is 2.24. The van der Waals surface area contributed by atoms with E-state index in [0.717, 1.165) is 34.2 Å². The highest BCUT2D eigenvalue weighted by atomic mass is 32.2. The van der Waals surface area contributed by atoms with Crippen LogP contribution in [0.1, 0.15) is 17.0 Å². The Hall–Kier alpha value is -3.78. The molecule has 0 aliphatic carbocycles. The Bertz CT molecular complexity index is 1240. The van der Waals surface area contributed by atoms with Gasteiger partial charge in [-0.3, -0.25) is 9.36 Å². The number of aromatic nitrogens is 3. The van der Waals surface area contributed by atoms with Crippen LogP contribution in [0.3, 0.4) is 0 Å². The molecule has 4 rings (SSSR count). The van der Waals surface area contributed by atoms with Crippen LogP contribution >= 0.6 is 11.8 Å². The summed E-state index contributed by atoms with van der Waals surface area (Å²) in [4.78, 5) is 12.5. The van der Waals surface area contributed by atoms with Gasteiger partial charge in [0.2, 0.25) is 5.91 Å². The van der Waals surface area contributed by atoms with Crippen molar-refractivity contribution in [2.45, 2.75) is 25.5 Å². The molecular weight excluding hydrogens is 446 g/mol. The molecule has 0 spiro atoms. The summed E-state index contributed by atoms with van der Waals surface area (Å²) < 4.78 is 7.21. The van der Waals surface area contributed by atoms with Gasteiger partial charge in [-0.1, -0.05) is 47.2 Å². The number of methoxy groups -OCH3 is 1. The minimum Gasteiger partial charge on any atom is -0.497 e. The maximum absolute atomic E-state index is 12.5. The van der Waals surface area contributed by atoms with Crippen LogP contribution in [0.15, 0.2) is 78.0 Å². The van der Waals surface area contributed by atoms with Crippen LogP contribution in [-0.2, 0) is 11.3 Å². The van der Waals surface area contributed by atoms with Gasteiger partial charge in [-0.2, -0.15) is 0 Å². The number of thioether (sulfide) groups is 1. The molecule has 0 unspecified atom stereocenters. The minimum absolute atomic E-state index is 0.0924. The molecule has 8 heteroatoms. The molecule has 1 amide bonds. The van der Waals surface area contributed by atoms with Crippen molar-refractivity contribution in [1.82, 2.24) is 14.8 Å². The summed E-state index contributed by atoms with van der Waals surface area (Å²) >= 11 is 1.36. The first-order valence-corrected chi connectivity index (χ1v) is 11.9. The van der Waals surface area contributed by atoms with Crippen molar-refractivity contribution in [2.24, 2.45) is 0 Å². The fraction of sp³-hybridized carbons (Fsp3) is 0.192. The van der Waals surface area contributed by atoms with Crippen molar-refractivity contribution < 1.29 is 9.53 Å². The third kappa shape index (κ3) is 5.96. The Labute approximate surface area is 203 Å². The maximum Gasteiger partial charge on any atom is 0.234 e. The molecule has 0 saturated carbocycles. The molecular formula is C26H27N5O2S. The lowest BCUT2D eigenvalue weighted by Gasteiger charge is -2.12. The van der Waals surface area contributed by atoms with E-state index in [0.29, 0.717) is 11.7 Å². The molecule has 1 aromatic heterocycles. The third-order valence-corrected chi connectivity index (χ3v) is 6.13. The normalized spacial score (nSPS) is 10.7. The number of rotatable bonds is 9. The molecule has 0 saturated heterocycles. The lowest BCUT2D eigenvalue weighted by atomic mass is 10.2. The molecule has 4 aromatic rings. The summed E-state index contributed by atoms with van der Waals surface area (Å²) in [6.07, 6.45) is 0. The predicted octanol–water partition coefficient (Wildman–Crippen LogP) is 5.24. The zero-order valence-electron chi connectivity index (χ0n) is 19.4. The molecule has 3 aromatic carbocycles. The van der Waals surface area contributed by atoms with E-state index >= 15 is 0 Å². The number of anilines is 2. The van der Waals surface area contributed by atoms with Crippen LogP contribution in [0.25, 0.3) is 5.69 Å². The van der Waals surface area contributed by atoms with Crippen molar-refractivity contribution in [3.05, 3.63) is 89.7 Å². The Balaban J connectivity index is 1.49. The second-order valence-corrected chi connectivity index (χ2v) is 8.80. The van der Waals surface area contributed by atoms with Crippen molar-refractivity contribution >= 4 is 29.0 Å². The maximum atomic E-state index is 12.5. The van der Waals surface area contributed by atoms with Crippen LogP contribution in [-0.4, -0.2) is 33.5 Å². The van der Waals surface area contributed by atoms with Gasteiger partial charge in [-0.25, -0.2) is 0 Å². The van der Waals surface area contributed by atoms with Crippen LogP contribution in [0.4, 0.5) is 11.4 Å². The number of hydrogen-bond acceptors (Lipinski definition) is 6. The number of hydrogen-bond donors (Lipinski definition) is 2. The van der Waals surface area contributed by atoms with E-state index in [1.54, 1.807) is 7.11 Å². The molecule has 0 fully saturated rings. The average molecular weight is 474 g/mol. The molecule has 1 heterocycles. The predicted molar refractivity (Wildman–Crippen MR) is 137 cm³/mol. The van der Waals surface area contributed by atoms with Crippen molar-refractivity contribution in [2.75, 3.05) is 23.5 Å². The number of ether oxygens (including phenoxy) is 1. The Morgan fingerprint density at radius 2 is 1.50 bits per heavy atom. The van der Waals surface area contributed by atoms with E-state index in [1.807, 2.05) is 79.1 Å². The Morgan fingerprint density at radius 1 is 0.882 bits per heavy atom. The molecule has 0 aliphatic heterocycles. The van der Waals surface area contributed by atoms with Crippen LogP contribution in [0, 0.1) is 13.8 Å². The van der Waals surface area contributed by atoms with E-state index in [-0.39, 0.29) is 11.7 Å². The highest BCUT2D eigenvalue weighted by molar-refractivity contribution is 7.99. The van der Waals surface area contributed by atoms with E-state index in [1.165, 1.54) is 17.3 Å². The summed E-state index contributed by atoms with van der Waals surface area (Å²) in [6.45, 7) is 4.54. The van der Waals surface area contributed by atoms with Crippen molar-refractivity contribution in [3.8, 4) is 11.4 Å². The average Bonchev–Trinajstić information content (AvgIpc) is 3.26. The molecule has 174 valence electrons. The molecule has 34 heavy (non-hydrogen) atoms. The zero-order chi connectivity index (χ0) is 23.9. The topological polar surface area (TPSA) is 81.1 Å². The minimum atomic E-state index is -0.0924. The molecule has 0 aliphatic rings. The zero-order valence-corrected chi connectivity index (χ0v) is 20.2. The number of carbonyl (C=O) groups is 1. The molecule has 0 atom stereocenters. The number of carbonyl (C=O) groups excluding carboxylic acids is 1. The summed E-state index contributed by atoms with van der Waals surface area (Å²) in [5, 5.41) is 15.8. The standard InChI is InChI=1S/C26H27N5O2S/c1-18-4-8-21(9-5-18)28-25(32)17-34-26-30-29-24(31(26)22-12-6-19(2)7-13-22)16-27-20-10-14-23(33-3)15-11-20/h4-15,27H,16-17H2,1-3H3,(H,28,32). The third-order valence-electron chi connectivity index (χ3n) is 5.20. The van der Waals surface area contributed by atoms with Crippen molar-refractivity contribution in [1.29, 1.82) is 0 Å². The van der Waals surface area contributed by atoms with E-state index < -0.39 is 0 Å². The fourth-order valence-corrected chi connectivity index (χ4v) is 4.09. The number of nitrogens with one attached hydrogen (secondary N) is 2. The van der Waals surface area contributed by atoms with Crippen LogP contribution in [0.2, 0.25) is 0 Å². The highest BCUT2D eigenvalue weighted by Gasteiger charge is 2.16. The number of amides is 1. The summed E-state index contributed by atoms with van der Waals surface area (Å²) in [5.41, 5.74) is 4.99. The first-order chi connectivity index (χ1) is 16.5. The summed E-state index contributed by atoms with van der Waals surface area (Å²) in [6, 6.07) is 23.6. The van der Waals surface area contributed by atoms with Gasteiger partial charge in [0.05, 0.1) is 19.4 Å². The summed E-state index contributed by atoms with van der Waals surface area (Å²) in [5.74, 6) is 1.69. The van der Waals surface area contributed by atoms with Gasteiger partial charge < -0.3 is 15.4 Å². The monoisotopic (exact) mass is 473 g/mol. The first kappa shape index (κ1) is 23.4. The van der Waals surface area contributed by atoms with Crippen LogP contribution < -0.4 is 15.4 Å². The lowest BCUT2D eigenvalue weighted by molar-refractivity contribution is -0.113. The SMILES string of the molecule is COc1ccc(NCc2nnc(SCC(=O)Nc3ccc(C)cc3)n2-c2ccc(C)cc2)cc1. The lowest BCUT2D eigenvalue weighted by Crippen LogP contribution is -2.15. The second kappa shape index (κ2) is 10.9. The van der Waals surface area contributed by atoms with Crippen LogP contribution in [0.5, 0.6) is 5.75 Å². The Morgan fingerprint density at radius 3 is 2.15 bits per heavy atom. The quantitative estimate of drug-likeness (QED) is 0.324. The van der Waals surface area contributed by atoms with Gasteiger partial charge in [0, 0.05) is 17.1 Å². The molecule has 0 radical (unpaired) electrons. The molecule has 7 nitrogen and oxygen atoms in total. The van der Waals surface area contributed by atoms with Gasteiger partial charge in [-0.15, -0.1) is 10.2 Å². The first-order valence-electron chi connectivity index (χ1n) is 10.9. The van der Waals surface area contributed by atoms with Gasteiger partial charge in [-0.05, 0) is 62.4 Å². The van der Waals surface area contributed by atoms with Gasteiger partial charge in [0.25, 0.3) is 0 Å². The second-order valence-electron chi connectivity index (χ2n) is 7.85. The smallest absolute Gasteiger partial charge is 0.234 e. The summed E-state index contributed by atoms with van der Waals surface area (Å²) in [7, 11) is 1.65. The van der Waals surface area contributed by atoms with Gasteiger partial charge in [0.1, 0.15) is 5.75 Å². The van der Waals surface area contributed by atoms with Gasteiger partial charge >= 0.3 is 0 Å². The number of aryl methyl sites for hydroxylation is 2. The Kier molecular flexibility index (Phi) is 7.49. The largest absolute Gasteiger partial charge is 0.497 e. The fourth-order valence-electron chi connectivity index (χ4n) is 3.32. The van der Waals surface area contributed by atoms with E-state index in [9.17, 15) is 4.79 Å². The van der Waals surface area contributed by atoms with Crippen molar-refractivity contribution in [3.63, 3.8) is 0 Å². The van der Waals surface area contributed by atoms with E-state index in [2.05, 4.69) is 33.0 Å². The van der Waals surface area contributed by atoms with Gasteiger partial charge in [0.15, 0.2) is 11.0 Å². The van der Waals surface area contributed by atoms with E-state index in [4.69, 9.17) is 4.74 Å². The number of benzene rings is 3. The molecule has 0 bridgehead atoms. The number of nitrogens with zero attached hydrogens (tertiary/aromatic N) is 3. The molecule has 2 N–H and O–H groups in total.